The van der Waals surface area contributed by atoms with Crippen LogP contribution in [0.5, 0.6) is 0 Å². The van der Waals surface area contributed by atoms with E-state index in [0.717, 1.165) is 19.3 Å². The normalized spacial score (nSPS) is 23.9. The van der Waals surface area contributed by atoms with Crippen LogP contribution in [0.15, 0.2) is 30.3 Å². The highest BCUT2D eigenvalue weighted by molar-refractivity contribution is 5.72. The average molecular weight is 248 g/mol. The molecule has 1 fully saturated rings. The Kier molecular flexibility index (Phi) is 4.20. The molecule has 0 spiro atoms. The second kappa shape index (κ2) is 5.87. The lowest BCUT2D eigenvalue weighted by Gasteiger charge is -2.37. The van der Waals surface area contributed by atoms with E-state index >= 15 is 0 Å². The number of carbonyl (C=O) groups is 1. The summed E-state index contributed by atoms with van der Waals surface area (Å²) in [5.41, 5.74) is 6.68. The summed E-state index contributed by atoms with van der Waals surface area (Å²) in [5, 5.41) is 0. The van der Waals surface area contributed by atoms with E-state index in [1.807, 2.05) is 6.07 Å². The van der Waals surface area contributed by atoms with Gasteiger partial charge in [0.05, 0.1) is 0 Å². The highest BCUT2D eigenvalue weighted by Crippen LogP contribution is 2.26. The van der Waals surface area contributed by atoms with Gasteiger partial charge in [0.25, 0.3) is 0 Å². The zero-order chi connectivity index (χ0) is 13.0. The third kappa shape index (κ3) is 3.01. The summed E-state index contributed by atoms with van der Waals surface area (Å²) in [6.07, 6.45) is 2.70. The first-order valence-electron chi connectivity index (χ1n) is 6.33. The van der Waals surface area contributed by atoms with Crippen molar-refractivity contribution >= 4 is 6.03 Å². The number of hydrogen-bond donors (Lipinski definition) is 1. The van der Waals surface area contributed by atoms with Crippen LogP contribution in [0.3, 0.4) is 0 Å². The predicted molar refractivity (Wildman–Crippen MR) is 70.0 cm³/mol. The van der Waals surface area contributed by atoms with Gasteiger partial charge in [0.15, 0.2) is 0 Å². The van der Waals surface area contributed by atoms with Crippen LogP contribution in [0.25, 0.3) is 0 Å². The Morgan fingerprint density at radius 2 is 2.17 bits per heavy atom. The minimum absolute atomic E-state index is 0.176. The maximum atomic E-state index is 11.3. The topological polar surface area (TPSA) is 55.6 Å². The number of benzene rings is 1. The summed E-state index contributed by atoms with van der Waals surface area (Å²) in [7, 11) is 1.63. The summed E-state index contributed by atoms with van der Waals surface area (Å²) in [6.45, 7) is 0.686. The molecule has 0 bridgehead atoms. The van der Waals surface area contributed by atoms with E-state index in [4.69, 9.17) is 10.5 Å². The van der Waals surface area contributed by atoms with Gasteiger partial charge < -0.3 is 10.5 Å². The molecule has 2 N–H and O–H groups in total. The summed E-state index contributed by atoms with van der Waals surface area (Å²) >= 11 is 0. The molecule has 0 aliphatic carbocycles. The Balaban J connectivity index is 1.95. The highest BCUT2D eigenvalue weighted by Gasteiger charge is 2.30. The number of amides is 2. The second-order valence-corrected chi connectivity index (χ2v) is 4.80. The maximum Gasteiger partial charge on any atom is 0.316 e. The van der Waals surface area contributed by atoms with Gasteiger partial charge in [0.1, 0.15) is 6.23 Å². The SMILES string of the molecule is COC1CC(Cc2ccccc2)CCN1C(N)=O. The van der Waals surface area contributed by atoms with E-state index < -0.39 is 0 Å². The molecule has 2 amide bonds. The lowest BCUT2D eigenvalue weighted by Crippen LogP contribution is -2.49. The number of primary amides is 1. The molecule has 98 valence electrons. The van der Waals surface area contributed by atoms with Gasteiger partial charge in [-0.1, -0.05) is 30.3 Å². The van der Waals surface area contributed by atoms with Gasteiger partial charge in [0.2, 0.25) is 0 Å². The quantitative estimate of drug-likeness (QED) is 0.889. The third-order valence-electron chi connectivity index (χ3n) is 3.58. The van der Waals surface area contributed by atoms with Gasteiger partial charge in [-0.2, -0.15) is 0 Å². The van der Waals surface area contributed by atoms with Crippen molar-refractivity contribution in [3.8, 4) is 0 Å². The largest absolute Gasteiger partial charge is 0.361 e. The number of piperidine rings is 1. The molecule has 18 heavy (non-hydrogen) atoms. The monoisotopic (exact) mass is 248 g/mol. The van der Waals surface area contributed by atoms with E-state index in [1.54, 1.807) is 12.0 Å². The van der Waals surface area contributed by atoms with Crippen LogP contribution in [0.1, 0.15) is 18.4 Å². The van der Waals surface area contributed by atoms with Crippen molar-refractivity contribution in [2.24, 2.45) is 11.7 Å². The van der Waals surface area contributed by atoms with Gasteiger partial charge in [-0.15, -0.1) is 0 Å². The molecule has 1 aromatic rings. The molecule has 1 saturated heterocycles. The van der Waals surface area contributed by atoms with E-state index in [2.05, 4.69) is 24.3 Å². The smallest absolute Gasteiger partial charge is 0.316 e. The fraction of sp³-hybridized carbons (Fsp3) is 0.500. The fourth-order valence-corrected chi connectivity index (χ4v) is 2.60. The summed E-state index contributed by atoms with van der Waals surface area (Å²) < 4.78 is 5.36. The number of hydrogen-bond acceptors (Lipinski definition) is 2. The first-order valence-corrected chi connectivity index (χ1v) is 6.33. The molecule has 1 heterocycles. The Labute approximate surface area is 108 Å². The Morgan fingerprint density at radius 1 is 1.44 bits per heavy atom. The average Bonchev–Trinajstić information content (AvgIpc) is 2.39. The van der Waals surface area contributed by atoms with Crippen LogP contribution in [0, 0.1) is 5.92 Å². The van der Waals surface area contributed by atoms with E-state index in [9.17, 15) is 4.79 Å². The molecule has 4 nitrogen and oxygen atoms in total. The molecular formula is C14H20N2O2. The second-order valence-electron chi connectivity index (χ2n) is 4.80. The maximum absolute atomic E-state index is 11.3. The first-order chi connectivity index (χ1) is 8.70. The van der Waals surface area contributed by atoms with Crippen molar-refractivity contribution in [1.82, 2.24) is 4.90 Å². The molecule has 2 atom stereocenters. The fourth-order valence-electron chi connectivity index (χ4n) is 2.60. The molecule has 1 aromatic carbocycles. The molecule has 4 heteroatoms. The number of carbonyl (C=O) groups excluding carboxylic acids is 1. The number of likely N-dealkylation sites (tertiary alicyclic amines) is 1. The Bertz CT molecular complexity index is 394. The number of nitrogens with two attached hydrogens (primary N) is 1. The molecular weight excluding hydrogens is 228 g/mol. The van der Waals surface area contributed by atoms with Crippen LogP contribution < -0.4 is 5.73 Å². The summed E-state index contributed by atoms with van der Waals surface area (Å²) in [6, 6.07) is 10.0. The van der Waals surface area contributed by atoms with Crippen molar-refractivity contribution in [2.45, 2.75) is 25.5 Å². The van der Waals surface area contributed by atoms with E-state index in [-0.39, 0.29) is 12.3 Å². The number of rotatable bonds is 3. The van der Waals surface area contributed by atoms with Gasteiger partial charge in [-0.05, 0) is 30.7 Å². The zero-order valence-corrected chi connectivity index (χ0v) is 10.7. The van der Waals surface area contributed by atoms with Crippen LogP contribution in [-0.4, -0.2) is 30.8 Å². The number of urea groups is 1. The Morgan fingerprint density at radius 3 is 2.78 bits per heavy atom. The highest BCUT2D eigenvalue weighted by atomic mass is 16.5. The first kappa shape index (κ1) is 12.9. The number of methoxy groups -OCH3 is 1. The lowest BCUT2D eigenvalue weighted by atomic mass is 9.89. The van der Waals surface area contributed by atoms with Crippen LogP contribution in [-0.2, 0) is 11.2 Å². The van der Waals surface area contributed by atoms with Gasteiger partial charge in [0, 0.05) is 13.7 Å². The van der Waals surface area contributed by atoms with E-state index in [0.29, 0.717) is 12.5 Å². The van der Waals surface area contributed by atoms with Crippen molar-refractivity contribution in [1.29, 1.82) is 0 Å². The summed E-state index contributed by atoms with van der Waals surface area (Å²) in [4.78, 5) is 12.9. The lowest BCUT2D eigenvalue weighted by molar-refractivity contribution is -0.0442. The van der Waals surface area contributed by atoms with Gasteiger partial charge in [-0.3, -0.25) is 4.90 Å². The number of nitrogens with zero attached hydrogens (tertiary/aromatic N) is 1. The minimum Gasteiger partial charge on any atom is -0.361 e. The third-order valence-corrected chi connectivity index (χ3v) is 3.58. The zero-order valence-electron chi connectivity index (χ0n) is 10.7. The molecule has 0 radical (unpaired) electrons. The Hall–Kier alpha value is -1.55. The molecule has 2 unspecified atom stereocenters. The van der Waals surface area contributed by atoms with E-state index in [1.165, 1.54) is 5.56 Å². The van der Waals surface area contributed by atoms with Crippen LogP contribution >= 0.6 is 0 Å². The van der Waals surface area contributed by atoms with Crippen LogP contribution in [0.4, 0.5) is 4.79 Å². The van der Waals surface area contributed by atoms with Gasteiger partial charge >= 0.3 is 6.03 Å². The number of ether oxygens (including phenoxy) is 1. The van der Waals surface area contributed by atoms with Gasteiger partial charge in [-0.25, -0.2) is 4.79 Å². The molecule has 2 rings (SSSR count). The van der Waals surface area contributed by atoms with Crippen molar-refractivity contribution in [2.75, 3.05) is 13.7 Å². The molecule has 0 saturated carbocycles. The molecule has 0 aromatic heterocycles. The minimum atomic E-state index is -0.389. The van der Waals surface area contributed by atoms with Crippen LogP contribution in [0.2, 0.25) is 0 Å². The predicted octanol–water partition coefficient (Wildman–Crippen LogP) is 1.99. The van der Waals surface area contributed by atoms with Crippen molar-refractivity contribution in [3.05, 3.63) is 35.9 Å². The van der Waals surface area contributed by atoms with Crippen molar-refractivity contribution in [3.63, 3.8) is 0 Å². The summed E-state index contributed by atoms with van der Waals surface area (Å²) in [5.74, 6) is 0.549. The van der Waals surface area contributed by atoms with Crippen molar-refractivity contribution < 1.29 is 9.53 Å². The molecule has 1 aliphatic rings. The molecule has 1 aliphatic heterocycles. The standard InChI is InChI=1S/C14H20N2O2/c1-18-13-10-12(7-8-16(13)14(15)17)9-11-5-3-2-4-6-11/h2-6,12-13H,7-10H2,1H3,(H2,15,17).